The first-order valence-corrected chi connectivity index (χ1v) is 14.2. The molecule has 3 aromatic rings. The van der Waals surface area contributed by atoms with E-state index >= 15 is 0 Å². The van der Waals surface area contributed by atoms with Gasteiger partial charge in [-0.3, -0.25) is 10.1 Å². The molecule has 15 heteroatoms. The van der Waals surface area contributed by atoms with E-state index in [1.165, 1.54) is 55.5 Å². The second kappa shape index (κ2) is 13.0. The first-order valence-electron chi connectivity index (χ1n) is 11.4. The number of ether oxygens (including phenoxy) is 3. The Labute approximate surface area is 239 Å². The fourth-order valence-electron chi connectivity index (χ4n) is 3.58. The average molecular weight is 640 g/mol. The fourth-order valence-corrected chi connectivity index (χ4v) is 6.11. The summed E-state index contributed by atoms with van der Waals surface area (Å²) in [7, 11) is 2.70. The second-order valence-corrected chi connectivity index (χ2v) is 10.6. The molecule has 12 nitrogen and oxygen atoms in total. The molecule has 2 N–H and O–H groups in total. The van der Waals surface area contributed by atoms with Crippen molar-refractivity contribution in [3.05, 3.63) is 61.4 Å². The summed E-state index contributed by atoms with van der Waals surface area (Å²) < 4.78 is 16.3. The minimum Gasteiger partial charge on any atom is -0.507 e. The van der Waals surface area contributed by atoms with Gasteiger partial charge in [-0.15, -0.1) is 11.3 Å². The number of carbonyl (C=O) groups is 1. The van der Waals surface area contributed by atoms with Crippen LogP contribution in [0.15, 0.2) is 45.3 Å². The molecule has 2 aromatic carbocycles. The molecule has 1 aromatic heterocycles. The van der Waals surface area contributed by atoms with Crippen molar-refractivity contribution in [3.63, 3.8) is 0 Å². The largest absolute Gasteiger partial charge is 0.507 e. The highest BCUT2D eigenvalue weighted by Gasteiger charge is 2.26. The highest BCUT2D eigenvalue weighted by Crippen LogP contribution is 2.39. The molecule has 1 aliphatic heterocycles. The number of rotatable bonds is 11. The first-order chi connectivity index (χ1) is 18.8. The summed E-state index contributed by atoms with van der Waals surface area (Å²) in [6.45, 7) is 0.674. The first kappa shape index (κ1) is 28.4. The lowest BCUT2D eigenvalue weighted by atomic mass is 10.1. The number of halogens is 1. The number of nitrogens with one attached hydrogen (secondary N) is 1. The molecule has 0 aliphatic carbocycles. The average Bonchev–Trinajstić information content (AvgIpc) is 3.42. The van der Waals surface area contributed by atoms with Crippen LogP contribution >= 0.6 is 39.0 Å². The Hall–Kier alpha value is -3.56. The highest BCUT2D eigenvalue weighted by atomic mass is 79.9. The standard InChI is InChI=1S/C24H23BrN4O8S2/c1-34-19-9-18(30)15(20(21(19)25)23(31)35-2)10-38-11-17(22-28-37-8-7-36-22)27-24-26-16(12-39-24)13-3-5-14(6-4-13)29(32)33/h3-6,9,12,17,30H,7-8,10-11H2,1-2H3,(H,26,27)/t17-/m0/s1. The molecule has 0 saturated carbocycles. The van der Waals surface area contributed by atoms with E-state index in [4.69, 9.17) is 19.0 Å². The van der Waals surface area contributed by atoms with Crippen molar-refractivity contribution in [2.45, 2.75) is 11.8 Å². The maximum Gasteiger partial charge on any atom is 0.339 e. The lowest BCUT2D eigenvalue weighted by Gasteiger charge is -2.22. The number of methoxy groups -OCH3 is 2. The van der Waals surface area contributed by atoms with E-state index in [1.54, 1.807) is 12.1 Å². The molecule has 1 atom stereocenters. The van der Waals surface area contributed by atoms with Gasteiger partial charge >= 0.3 is 5.97 Å². The lowest BCUT2D eigenvalue weighted by molar-refractivity contribution is -0.384. The number of benzene rings is 2. The van der Waals surface area contributed by atoms with Gasteiger partial charge in [0.05, 0.1) is 34.9 Å². The summed E-state index contributed by atoms with van der Waals surface area (Å²) in [5.41, 5.74) is 1.95. The predicted octanol–water partition coefficient (Wildman–Crippen LogP) is 5.06. The van der Waals surface area contributed by atoms with Gasteiger partial charge in [0.15, 0.2) is 11.7 Å². The number of oxime groups is 1. The molecule has 0 spiro atoms. The Balaban J connectivity index is 1.51. The number of nitrogens with zero attached hydrogens (tertiary/aromatic N) is 3. The van der Waals surface area contributed by atoms with Crippen LogP contribution in [0.1, 0.15) is 15.9 Å². The number of thiazole rings is 1. The van der Waals surface area contributed by atoms with Crippen LogP contribution in [0.25, 0.3) is 11.3 Å². The SMILES string of the molecule is COC(=O)c1c(Br)c(OC)cc(O)c1CSC[C@H](Nc1nc(-c2ccc([N+](=O)[O-])cc2)cs1)C1=NOCCO1. The van der Waals surface area contributed by atoms with Crippen molar-refractivity contribution < 1.29 is 33.9 Å². The normalized spacial score (nSPS) is 13.5. The van der Waals surface area contributed by atoms with Crippen molar-refractivity contribution in [1.82, 2.24) is 4.98 Å². The van der Waals surface area contributed by atoms with Crippen LogP contribution in [-0.2, 0) is 20.1 Å². The number of carbonyl (C=O) groups excluding carboxylic acids is 1. The number of nitro benzene ring substituents is 1. The molecule has 206 valence electrons. The van der Waals surface area contributed by atoms with Gasteiger partial charge in [0.2, 0.25) is 5.90 Å². The van der Waals surface area contributed by atoms with Crippen LogP contribution < -0.4 is 10.1 Å². The number of phenols is 1. The van der Waals surface area contributed by atoms with Crippen LogP contribution in [0, 0.1) is 10.1 Å². The number of non-ortho nitro benzene ring substituents is 1. The van der Waals surface area contributed by atoms with Gasteiger partial charge in [0.1, 0.15) is 24.1 Å². The van der Waals surface area contributed by atoms with Crippen LogP contribution in [0.3, 0.4) is 0 Å². The molecular weight excluding hydrogens is 616 g/mol. The minimum atomic E-state index is -0.615. The van der Waals surface area contributed by atoms with E-state index in [0.717, 1.165) is 5.56 Å². The Morgan fingerprint density at radius 1 is 1.33 bits per heavy atom. The molecular formula is C24H23BrN4O8S2. The zero-order valence-electron chi connectivity index (χ0n) is 20.7. The molecule has 0 saturated heterocycles. The van der Waals surface area contributed by atoms with Gasteiger partial charge in [-0.05, 0) is 33.2 Å². The summed E-state index contributed by atoms with van der Waals surface area (Å²) in [5.74, 6) is 0.603. The van der Waals surface area contributed by atoms with E-state index in [2.05, 4.69) is 31.4 Å². The number of anilines is 1. The Morgan fingerprint density at radius 3 is 2.74 bits per heavy atom. The maximum absolute atomic E-state index is 12.5. The highest BCUT2D eigenvalue weighted by molar-refractivity contribution is 9.10. The number of nitro groups is 1. The van der Waals surface area contributed by atoms with Crippen molar-refractivity contribution in [3.8, 4) is 22.8 Å². The maximum atomic E-state index is 12.5. The number of phenolic OH excluding ortho intramolecular Hbond substituents is 1. The molecule has 2 heterocycles. The molecule has 0 radical (unpaired) electrons. The van der Waals surface area contributed by atoms with E-state index < -0.39 is 16.9 Å². The van der Waals surface area contributed by atoms with Crippen LogP contribution in [0.4, 0.5) is 10.8 Å². The quantitative estimate of drug-likeness (QED) is 0.164. The summed E-state index contributed by atoms with van der Waals surface area (Å²) >= 11 is 6.15. The number of esters is 1. The summed E-state index contributed by atoms with van der Waals surface area (Å²) in [6, 6.07) is 7.13. The van der Waals surface area contributed by atoms with E-state index in [-0.39, 0.29) is 22.8 Å². The molecule has 0 unspecified atom stereocenters. The monoisotopic (exact) mass is 638 g/mol. The number of thioether (sulfide) groups is 1. The van der Waals surface area contributed by atoms with Crippen molar-refractivity contribution >= 4 is 61.7 Å². The number of hydrogen-bond acceptors (Lipinski definition) is 13. The van der Waals surface area contributed by atoms with Crippen molar-refractivity contribution in [2.75, 3.05) is 38.5 Å². The third kappa shape index (κ3) is 6.72. The van der Waals surface area contributed by atoms with Gasteiger partial charge in [-0.25, -0.2) is 9.78 Å². The molecule has 1 aliphatic rings. The predicted molar refractivity (Wildman–Crippen MR) is 151 cm³/mol. The number of aromatic nitrogens is 1. The summed E-state index contributed by atoms with van der Waals surface area (Å²) in [6.07, 6.45) is 0. The van der Waals surface area contributed by atoms with Gasteiger partial charge in [0.25, 0.3) is 5.69 Å². The van der Waals surface area contributed by atoms with Crippen LogP contribution in [0.2, 0.25) is 0 Å². The third-order valence-corrected chi connectivity index (χ3v) is 8.13. The topological polar surface area (TPSA) is 155 Å². The Morgan fingerprint density at radius 2 is 2.10 bits per heavy atom. The van der Waals surface area contributed by atoms with Gasteiger partial charge in [-0.2, -0.15) is 11.8 Å². The zero-order chi connectivity index (χ0) is 27.9. The summed E-state index contributed by atoms with van der Waals surface area (Å²) in [5, 5.41) is 31.3. The van der Waals surface area contributed by atoms with Crippen LogP contribution in [0.5, 0.6) is 11.5 Å². The van der Waals surface area contributed by atoms with Gasteiger partial charge in [-0.1, -0.05) is 0 Å². The number of hydrogen-bond donors (Lipinski definition) is 2. The lowest BCUT2D eigenvalue weighted by Crippen LogP contribution is -2.36. The Kier molecular flexibility index (Phi) is 9.48. The minimum absolute atomic E-state index is 0.00200. The van der Waals surface area contributed by atoms with Crippen molar-refractivity contribution in [2.24, 2.45) is 5.16 Å². The van der Waals surface area contributed by atoms with Gasteiger partial charge in [0, 0.05) is 46.2 Å². The fraction of sp³-hybridized carbons (Fsp3) is 0.292. The zero-order valence-corrected chi connectivity index (χ0v) is 23.9. The van der Waals surface area contributed by atoms with Crippen LogP contribution in [-0.4, -0.2) is 66.1 Å². The van der Waals surface area contributed by atoms with Crippen molar-refractivity contribution in [1.29, 1.82) is 0 Å². The second-order valence-electron chi connectivity index (χ2n) is 7.92. The molecule has 0 amide bonds. The molecule has 39 heavy (non-hydrogen) atoms. The smallest absolute Gasteiger partial charge is 0.339 e. The van der Waals surface area contributed by atoms with E-state index in [9.17, 15) is 20.0 Å². The van der Waals surface area contributed by atoms with Gasteiger partial charge < -0.3 is 29.5 Å². The Bertz CT molecular complexity index is 1380. The molecule has 4 rings (SSSR count). The summed E-state index contributed by atoms with van der Waals surface area (Å²) in [4.78, 5) is 32.8. The van der Waals surface area contributed by atoms with E-state index in [1.807, 2.05) is 5.38 Å². The number of aromatic hydroxyl groups is 1. The molecule has 0 bridgehead atoms. The molecule has 0 fully saturated rings. The van der Waals surface area contributed by atoms with E-state index in [0.29, 0.717) is 51.5 Å². The third-order valence-electron chi connectivity index (χ3n) is 5.51.